The lowest BCUT2D eigenvalue weighted by molar-refractivity contribution is 0.385. The van der Waals surface area contributed by atoms with Crippen LogP contribution >= 0.6 is 0 Å². The maximum absolute atomic E-state index is 6.22. The van der Waals surface area contributed by atoms with Crippen LogP contribution in [0, 0.1) is 5.92 Å². The Bertz CT molecular complexity index is 330. The molecule has 0 aliphatic carbocycles. The second kappa shape index (κ2) is 7.54. The number of hydrogen-bond donors (Lipinski definition) is 1. The highest BCUT2D eigenvalue weighted by Crippen LogP contribution is 2.18. The molecule has 0 saturated carbocycles. The van der Waals surface area contributed by atoms with Crippen LogP contribution in [0.4, 0.5) is 0 Å². The lowest BCUT2D eigenvalue weighted by Crippen LogP contribution is -2.18. The Balaban J connectivity index is 2.44. The van der Waals surface area contributed by atoms with E-state index in [0.29, 0.717) is 5.92 Å². The number of unbranched alkanes of at least 4 members (excludes halogenated alkanes) is 1. The predicted molar refractivity (Wildman–Crippen MR) is 76.4 cm³/mol. The van der Waals surface area contributed by atoms with Gasteiger partial charge in [0.05, 0.1) is 12.0 Å². The second-order valence-electron chi connectivity index (χ2n) is 5.76. The molecule has 0 fully saturated rings. The summed E-state index contributed by atoms with van der Waals surface area (Å²) in [5.74, 6) is 0.622. The molecule has 0 saturated heterocycles. The maximum Gasteiger partial charge on any atom is 0.0948 e. The van der Waals surface area contributed by atoms with Crippen molar-refractivity contribution in [3.05, 3.63) is 18.2 Å². The summed E-state index contributed by atoms with van der Waals surface area (Å²) in [6.45, 7) is 6.58. The topological polar surface area (TPSA) is 47.1 Å². The van der Waals surface area contributed by atoms with Gasteiger partial charge in [0.2, 0.25) is 0 Å². The number of aromatic nitrogens is 2. The molecule has 0 amide bonds. The molecule has 1 aromatic heterocycles. The minimum atomic E-state index is 0.112. The number of rotatable bonds is 8. The fourth-order valence-corrected chi connectivity index (χ4v) is 2.17. The van der Waals surface area contributed by atoms with E-state index in [0.717, 1.165) is 19.5 Å². The minimum absolute atomic E-state index is 0.112. The molecule has 4 nitrogen and oxygen atoms in total. The van der Waals surface area contributed by atoms with Crippen molar-refractivity contribution in [1.29, 1.82) is 0 Å². The zero-order valence-electron chi connectivity index (χ0n) is 12.3. The number of hydrogen-bond acceptors (Lipinski definition) is 3. The molecule has 0 bridgehead atoms. The Kier molecular flexibility index (Phi) is 6.36. The molecule has 1 unspecified atom stereocenters. The average molecular weight is 252 g/mol. The quantitative estimate of drug-likeness (QED) is 0.722. The van der Waals surface area contributed by atoms with Gasteiger partial charge in [-0.2, -0.15) is 0 Å². The van der Waals surface area contributed by atoms with Crippen molar-refractivity contribution >= 4 is 0 Å². The molecule has 4 heteroatoms. The van der Waals surface area contributed by atoms with Gasteiger partial charge in [-0.25, -0.2) is 4.98 Å². The molecule has 18 heavy (non-hydrogen) atoms. The van der Waals surface area contributed by atoms with Crippen LogP contribution in [0.5, 0.6) is 0 Å². The van der Waals surface area contributed by atoms with E-state index in [9.17, 15) is 0 Å². The van der Waals surface area contributed by atoms with Crippen molar-refractivity contribution in [2.45, 2.75) is 45.7 Å². The van der Waals surface area contributed by atoms with E-state index in [1.165, 1.54) is 18.5 Å². The van der Waals surface area contributed by atoms with Crippen LogP contribution in [0.3, 0.4) is 0 Å². The zero-order chi connectivity index (χ0) is 13.5. The minimum Gasteiger partial charge on any atom is -0.333 e. The van der Waals surface area contributed by atoms with Gasteiger partial charge in [0.1, 0.15) is 0 Å². The van der Waals surface area contributed by atoms with E-state index >= 15 is 0 Å². The largest absolute Gasteiger partial charge is 0.333 e. The molecule has 0 aliphatic heterocycles. The van der Waals surface area contributed by atoms with Gasteiger partial charge in [0, 0.05) is 18.8 Å². The highest BCUT2D eigenvalue weighted by Gasteiger charge is 2.12. The van der Waals surface area contributed by atoms with Crippen LogP contribution in [0.25, 0.3) is 0 Å². The van der Waals surface area contributed by atoms with Crippen molar-refractivity contribution in [3.8, 4) is 0 Å². The van der Waals surface area contributed by atoms with Crippen LogP contribution in [0.2, 0.25) is 0 Å². The van der Waals surface area contributed by atoms with E-state index < -0.39 is 0 Å². The molecular weight excluding hydrogens is 224 g/mol. The van der Waals surface area contributed by atoms with E-state index in [-0.39, 0.29) is 6.04 Å². The first-order valence-electron chi connectivity index (χ1n) is 6.91. The van der Waals surface area contributed by atoms with Crippen molar-refractivity contribution in [2.24, 2.45) is 11.7 Å². The standard InChI is InChI=1S/C14H28N4/c1-12(2)9-13(15)14-10-16-11-18(14)8-6-5-7-17(3)4/h10-13H,5-9,15H2,1-4H3. The lowest BCUT2D eigenvalue weighted by Gasteiger charge is -2.17. The van der Waals surface area contributed by atoms with Gasteiger partial charge in [0.25, 0.3) is 0 Å². The van der Waals surface area contributed by atoms with Crippen LogP contribution in [-0.4, -0.2) is 35.1 Å². The normalized spacial score (nSPS) is 13.5. The summed E-state index contributed by atoms with van der Waals surface area (Å²) in [5, 5.41) is 0. The Morgan fingerprint density at radius 2 is 2.06 bits per heavy atom. The van der Waals surface area contributed by atoms with E-state index in [4.69, 9.17) is 5.73 Å². The van der Waals surface area contributed by atoms with Crippen LogP contribution in [0.1, 0.15) is 44.8 Å². The number of nitrogens with two attached hydrogens (primary N) is 1. The fourth-order valence-electron chi connectivity index (χ4n) is 2.17. The first-order valence-corrected chi connectivity index (χ1v) is 6.91. The van der Waals surface area contributed by atoms with Crippen molar-refractivity contribution in [2.75, 3.05) is 20.6 Å². The monoisotopic (exact) mass is 252 g/mol. The van der Waals surface area contributed by atoms with E-state index in [2.05, 4.69) is 42.4 Å². The van der Waals surface area contributed by atoms with Crippen LogP contribution in [0.15, 0.2) is 12.5 Å². The molecule has 1 atom stereocenters. The Morgan fingerprint density at radius 3 is 2.67 bits per heavy atom. The first-order chi connectivity index (χ1) is 8.50. The number of imidazole rings is 1. The van der Waals surface area contributed by atoms with Gasteiger partial charge in [0.15, 0.2) is 0 Å². The molecule has 0 radical (unpaired) electrons. The lowest BCUT2D eigenvalue weighted by atomic mass is 10.0. The summed E-state index contributed by atoms with van der Waals surface area (Å²) in [4.78, 5) is 6.46. The summed E-state index contributed by atoms with van der Waals surface area (Å²) in [6.07, 6.45) is 7.23. The second-order valence-corrected chi connectivity index (χ2v) is 5.76. The van der Waals surface area contributed by atoms with E-state index in [1.807, 2.05) is 12.5 Å². The summed E-state index contributed by atoms with van der Waals surface area (Å²) in [6, 6.07) is 0.112. The Labute approximate surface area is 111 Å². The highest BCUT2D eigenvalue weighted by molar-refractivity contribution is 5.04. The number of aryl methyl sites for hydroxylation is 1. The van der Waals surface area contributed by atoms with Crippen molar-refractivity contribution < 1.29 is 0 Å². The maximum atomic E-state index is 6.22. The molecular formula is C14H28N4. The van der Waals surface area contributed by atoms with Crippen molar-refractivity contribution in [3.63, 3.8) is 0 Å². The Morgan fingerprint density at radius 1 is 1.33 bits per heavy atom. The smallest absolute Gasteiger partial charge is 0.0948 e. The van der Waals surface area contributed by atoms with Crippen LogP contribution < -0.4 is 5.73 Å². The summed E-state index contributed by atoms with van der Waals surface area (Å²) in [7, 11) is 4.22. The molecule has 104 valence electrons. The van der Waals surface area contributed by atoms with Crippen LogP contribution in [-0.2, 0) is 6.54 Å². The number of nitrogens with zero attached hydrogens (tertiary/aromatic N) is 3. The average Bonchev–Trinajstić information content (AvgIpc) is 2.71. The molecule has 0 aliphatic rings. The van der Waals surface area contributed by atoms with Gasteiger partial charge < -0.3 is 15.2 Å². The molecule has 0 aromatic carbocycles. The summed E-state index contributed by atoms with van der Waals surface area (Å²) in [5.41, 5.74) is 7.40. The van der Waals surface area contributed by atoms with Gasteiger partial charge in [-0.1, -0.05) is 13.8 Å². The van der Waals surface area contributed by atoms with Crippen molar-refractivity contribution in [1.82, 2.24) is 14.5 Å². The molecule has 0 spiro atoms. The Hall–Kier alpha value is -0.870. The third-order valence-corrected chi connectivity index (χ3v) is 3.10. The van der Waals surface area contributed by atoms with Gasteiger partial charge >= 0.3 is 0 Å². The molecule has 1 heterocycles. The summed E-state index contributed by atoms with van der Waals surface area (Å²) >= 11 is 0. The first kappa shape index (κ1) is 15.2. The third kappa shape index (κ3) is 5.19. The third-order valence-electron chi connectivity index (χ3n) is 3.10. The molecule has 2 N–H and O–H groups in total. The summed E-state index contributed by atoms with van der Waals surface area (Å²) < 4.78 is 2.21. The zero-order valence-corrected chi connectivity index (χ0v) is 12.3. The van der Waals surface area contributed by atoms with E-state index in [1.54, 1.807) is 0 Å². The fraction of sp³-hybridized carbons (Fsp3) is 0.786. The van der Waals surface area contributed by atoms with Gasteiger partial charge in [-0.05, 0) is 45.8 Å². The molecule has 1 aromatic rings. The van der Waals surface area contributed by atoms with Gasteiger partial charge in [-0.3, -0.25) is 0 Å². The highest BCUT2D eigenvalue weighted by atomic mass is 15.1. The SMILES string of the molecule is CC(C)CC(N)c1cncn1CCCCN(C)C. The predicted octanol–water partition coefficient (Wildman–Crippen LogP) is 2.27. The van der Waals surface area contributed by atoms with Gasteiger partial charge in [-0.15, -0.1) is 0 Å². The molecule has 1 rings (SSSR count).